The van der Waals surface area contributed by atoms with Gasteiger partial charge in [0.15, 0.2) is 0 Å². The zero-order valence-corrected chi connectivity index (χ0v) is 10.9. The van der Waals surface area contributed by atoms with E-state index in [1.54, 1.807) is 0 Å². The van der Waals surface area contributed by atoms with Gasteiger partial charge in [-0.05, 0) is 56.6 Å². The van der Waals surface area contributed by atoms with Crippen LogP contribution in [-0.2, 0) is 0 Å². The summed E-state index contributed by atoms with van der Waals surface area (Å²) in [5.41, 5.74) is 1.68. The molecule has 1 heterocycles. The van der Waals surface area contributed by atoms with E-state index in [9.17, 15) is 0 Å². The van der Waals surface area contributed by atoms with Gasteiger partial charge in [0.05, 0.1) is 11.6 Å². The fraction of sp³-hybridized carbons (Fsp3) is 0.600. The predicted molar refractivity (Wildman–Crippen MR) is 71.4 cm³/mol. The highest BCUT2D eigenvalue weighted by Gasteiger charge is 2.29. The van der Waals surface area contributed by atoms with E-state index in [1.165, 1.54) is 25.7 Å². The predicted octanol–water partition coefficient (Wildman–Crippen LogP) is 2.89. The van der Waals surface area contributed by atoms with Crippen LogP contribution in [0.1, 0.15) is 36.9 Å². The van der Waals surface area contributed by atoms with E-state index in [2.05, 4.69) is 16.0 Å². The Morgan fingerprint density at radius 2 is 1.83 bits per heavy atom. The largest absolute Gasteiger partial charge is 0.356 e. The summed E-state index contributed by atoms with van der Waals surface area (Å²) in [6.45, 7) is 4.21. The van der Waals surface area contributed by atoms with Crippen molar-refractivity contribution in [3.63, 3.8) is 0 Å². The molecule has 0 atom stereocenters. The van der Waals surface area contributed by atoms with Crippen molar-refractivity contribution in [1.29, 1.82) is 5.26 Å². The van der Waals surface area contributed by atoms with Crippen molar-refractivity contribution >= 4 is 5.82 Å². The Balaban J connectivity index is 1.82. The molecule has 0 bridgehead atoms. The van der Waals surface area contributed by atoms with Crippen LogP contribution < -0.4 is 4.90 Å². The first kappa shape index (κ1) is 11.5. The van der Waals surface area contributed by atoms with Gasteiger partial charge < -0.3 is 4.90 Å². The molecule has 0 spiro atoms. The third kappa shape index (κ3) is 2.81. The number of hydrogen-bond acceptors (Lipinski definition) is 3. The molecular weight excluding hydrogens is 222 g/mol. The third-order valence-electron chi connectivity index (χ3n) is 3.74. The Hall–Kier alpha value is -1.56. The summed E-state index contributed by atoms with van der Waals surface area (Å²) in [5, 5.41) is 9.06. The third-order valence-corrected chi connectivity index (χ3v) is 3.74. The number of hydrogen-bond donors (Lipinski definition) is 0. The van der Waals surface area contributed by atoms with E-state index in [-0.39, 0.29) is 0 Å². The number of nitriles is 1. The fourth-order valence-electron chi connectivity index (χ4n) is 2.36. The topological polar surface area (TPSA) is 39.9 Å². The van der Waals surface area contributed by atoms with E-state index < -0.39 is 0 Å². The lowest BCUT2D eigenvalue weighted by molar-refractivity contribution is 0.670. The summed E-state index contributed by atoms with van der Waals surface area (Å²) in [4.78, 5) is 7.02. The molecule has 1 aromatic heterocycles. The molecule has 3 nitrogen and oxygen atoms in total. The molecule has 0 N–H and O–H groups in total. The first-order chi connectivity index (χ1) is 8.74. The lowest BCUT2D eigenvalue weighted by Gasteiger charge is -2.24. The number of nitrogens with zero attached hydrogens (tertiary/aromatic N) is 3. The maximum absolute atomic E-state index is 9.06. The van der Waals surface area contributed by atoms with Crippen LogP contribution >= 0.6 is 0 Å². The second kappa shape index (κ2) is 4.61. The second-order valence-electron chi connectivity index (χ2n) is 5.76. The van der Waals surface area contributed by atoms with Crippen molar-refractivity contribution in [2.45, 2.75) is 32.6 Å². The van der Waals surface area contributed by atoms with Crippen LogP contribution in [0, 0.1) is 30.1 Å². The van der Waals surface area contributed by atoms with Gasteiger partial charge >= 0.3 is 0 Å². The van der Waals surface area contributed by atoms with Crippen LogP contribution in [0.25, 0.3) is 0 Å². The summed E-state index contributed by atoms with van der Waals surface area (Å²) in [7, 11) is 0. The van der Waals surface area contributed by atoms with Gasteiger partial charge in [-0.25, -0.2) is 4.98 Å². The normalized spacial score (nSPS) is 18.4. The molecule has 0 radical (unpaired) electrons. The van der Waals surface area contributed by atoms with Crippen LogP contribution in [0.5, 0.6) is 0 Å². The van der Waals surface area contributed by atoms with Crippen molar-refractivity contribution in [1.82, 2.24) is 4.98 Å². The SMILES string of the molecule is Cc1cc(C#N)cc(N(CC2CC2)CC2CC2)n1. The highest BCUT2D eigenvalue weighted by Crippen LogP contribution is 2.35. The van der Waals surface area contributed by atoms with Gasteiger partial charge in [-0.15, -0.1) is 0 Å². The van der Waals surface area contributed by atoms with Crippen molar-refractivity contribution in [3.05, 3.63) is 23.4 Å². The first-order valence-corrected chi connectivity index (χ1v) is 6.88. The minimum Gasteiger partial charge on any atom is -0.356 e. The molecule has 1 aromatic rings. The average Bonchev–Trinajstić information content (AvgIpc) is 3.22. The standard InChI is InChI=1S/C15H19N3/c1-11-6-14(8-16)7-15(17-11)18(9-12-2-3-12)10-13-4-5-13/h6-7,12-13H,2-5,9-10H2,1H3. The van der Waals surface area contributed by atoms with Crippen molar-refractivity contribution < 1.29 is 0 Å². The summed E-state index contributed by atoms with van der Waals surface area (Å²) >= 11 is 0. The first-order valence-electron chi connectivity index (χ1n) is 6.88. The van der Waals surface area contributed by atoms with Gasteiger partial charge in [-0.2, -0.15) is 5.26 Å². The van der Waals surface area contributed by atoms with Crippen molar-refractivity contribution in [2.24, 2.45) is 11.8 Å². The van der Waals surface area contributed by atoms with Gasteiger partial charge in [-0.1, -0.05) is 0 Å². The Morgan fingerprint density at radius 1 is 1.22 bits per heavy atom. The van der Waals surface area contributed by atoms with Gasteiger partial charge in [0.1, 0.15) is 5.82 Å². The van der Waals surface area contributed by atoms with E-state index >= 15 is 0 Å². The van der Waals surface area contributed by atoms with E-state index in [0.29, 0.717) is 0 Å². The van der Waals surface area contributed by atoms with E-state index in [4.69, 9.17) is 5.26 Å². The Morgan fingerprint density at radius 3 is 2.33 bits per heavy atom. The molecule has 2 aliphatic rings. The summed E-state index contributed by atoms with van der Waals surface area (Å²) < 4.78 is 0. The highest BCUT2D eigenvalue weighted by molar-refractivity contribution is 5.47. The lowest BCUT2D eigenvalue weighted by atomic mass is 10.2. The van der Waals surface area contributed by atoms with Gasteiger partial charge in [-0.3, -0.25) is 0 Å². The van der Waals surface area contributed by atoms with Crippen molar-refractivity contribution in [3.8, 4) is 6.07 Å². The van der Waals surface area contributed by atoms with Crippen LogP contribution in [0.15, 0.2) is 12.1 Å². The number of rotatable bonds is 5. The smallest absolute Gasteiger partial charge is 0.130 e. The number of anilines is 1. The summed E-state index contributed by atoms with van der Waals surface area (Å²) in [6.07, 6.45) is 5.44. The molecule has 3 heteroatoms. The highest BCUT2D eigenvalue weighted by atomic mass is 15.2. The van der Waals surface area contributed by atoms with E-state index in [0.717, 1.165) is 42.0 Å². The average molecular weight is 241 g/mol. The minimum atomic E-state index is 0.731. The summed E-state index contributed by atoms with van der Waals surface area (Å²) in [5.74, 6) is 2.72. The molecular formula is C15H19N3. The molecule has 0 aromatic carbocycles. The number of aryl methyl sites for hydroxylation is 1. The van der Waals surface area contributed by atoms with Crippen LogP contribution in [0.4, 0.5) is 5.82 Å². The molecule has 0 aliphatic heterocycles. The number of pyridine rings is 1. The van der Waals surface area contributed by atoms with Crippen LogP contribution in [0.2, 0.25) is 0 Å². The molecule has 2 fully saturated rings. The molecule has 0 amide bonds. The van der Waals surface area contributed by atoms with Crippen LogP contribution in [-0.4, -0.2) is 18.1 Å². The van der Waals surface area contributed by atoms with E-state index in [1.807, 2.05) is 19.1 Å². The molecule has 18 heavy (non-hydrogen) atoms. The second-order valence-corrected chi connectivity index (χ2v) is 5.76. The Labute approximate surface area is 108 Å². The molecule has 0 saturated heterocycles. The van der Waals surface area contributed by atoms with Gasteiger partial charge in [0, 0.05) is 18.8 Å². The number of aromatic nitrogens is 1. The monoisotopic (exact) mass is 241 g/mol. The Kier molecular flexibility index (Phi) is 2.95. The lowest BCUT2D eigenvalue weighted by Crippen LogP contribution is -2.29. The fourth-order valence-corrected chi connectivity index (χ4v) is 2.36. The molecule has 2 saturated carbocycles. The minimum absolute atomic E-state index is 0.731. The van der Waals surface area contributed by atoms with Crippen molar-refractivity contribution in [2.75, 3.05) is 18.0 Å². The van der Waals surface area contributed by atoms with Gasteiger partial charge in [0.2, 0.25) is 0 Å². The quantitative estimate of drug-likeness (QED) is 0.795. The maximum Gasteiger partial charge on any atom is 0.130 e. The maximum atomic E-state index is 9.06. The van der Waals surface area contributed by atoms with Crippen LogP contribution in [0.3, 0.4) is 0 Å². The summed E-state index contributed by atoms with van der Waals surface area (Å²) in [6, 6.07) is 6.03. The molecule has 0 unspecified atom stereocenters. The zero-order valence-electron chi connectivity index (χ0n) is 10.9. The van der Waals surface area contributed by atoms with Gasteiger partial charge in [0.25, 0.3) is 0 Å². The molecule has 94 valence electrons. The zero-order chi connectivity index (χ0) is 12.5. The molecule has 3 rings (SSSR count). The Bertz CT molecular complexity index is 467. The molecule has 2 aliphatic carbocycles.